The van der Waals surface area contributed by atoms with E-state index >= 15 is 0 Å². The SMILES string of the molecule is Cc1cc(Br)ccc1NC(=O)CCc1nc(-c2ccco2)no1. The van der Waals surface area contributed by atoms with Gasteiger partial charge in [0, 0.05) is 23.0 Å². The van der Waals surface area contributed by atoms with Crippen LogP contribution in [0.5, 0.6) is 0 Å². The molecule has 7 heteroatoms. The predicted molar refractivity (Wildman–Crippen MR) is 87.8 cm³/mol. The lowest BCUT2D eigenvalue weighted by molar-refractivity contribution is -0.116. The van der Waals surface area contributed by atoms with Crippen LogP contribution in [-0.2, 0) is 11.2 Å². The van der Waals surface area contributed by atoms with E-state index in [0.717, 1.165) is 15.7 Å². The van der Waals surface area contributed by atoms with Gasteiger partial charge in [-0.3, -0.25) is 4.79 Å². The van der Waals surface area contributed by atoms with E-state index in [1.54, 1.807) is 18.4 Å². The maximum Gasteiger partial charge on any atom is 0.238 e. The molecule has 0 aliphatic heterocycles. The second-order valence-corrected chi connectivity index (χ2v) is 5.91. The molecular weight excluding hydrogens is 362 g/mol. The van der Waals surface area contributed by atoms with E-state index in [2.05, 4.69) is 31.4 Å². The van der Waals surface area contributed by atoms with Gasteiger partial charge in [-0.05, 0) is 42.8 Å². The normalized spacial score (nSPS) is 10.7. The van der Waals surface area contributed by atoms with Crippen molar-refractivity contribution < 1.29 is 13.7 Å². The Labute approximate surface area is 141 Å². The van der Waals surface area contributed by atoms with Gasteiger partial charge in [-0.25, -0.2) is 0 Å². The second kappa shape index (κ2) is 6.78. The van der Waals surface area contributed by atoms with Gasteiger partial charge >= 0.3 is 0 Å². The van der Waals surface area contributed by atoms with E-state index in [1.165, 1.54) is 0 Å². The summed E-state index contributed by atoms with van der Waals surface area (Å²) < 4.78 is 11.3. The summed E-state index contributed by atoms with van der Waals surface area (Å²) in [5.74, 6) is 1.22. The summed E-state index contributed by atoms with van der Waals surface area (Å²) >= 11 is 3.39. The molecule has 2 heterocycles. The molecule has 0 aliphatic rings. The lowest BCUT2D eigenvalue weighted by Crippen LogP contribution is -2.13. The minimum absolute atomic E-state index is 0.104. The predicted octanol–water partition coefficient (Wildman–Crippen LogP) is 3.97. The number of rotatable bonds is 5. The minimum Gasteiger partial charge on any atom is -0.461 e. The Balaban J connectivity index is 1.57. The van der Waals surface area contributed by atoms with Crippen molar-refractivity contribution in [3.8, 4) is 11.6 Å². The van der Waals surface area contributed by atoms with Gasteiger partial charge in [0.25, 0.3) is 0 Å². The molecule has 6 nitrogen and oxygen atoms in total. The summed E-state index contributed by atoms with van der Waals surface area (Å²) in [6, 6.07) is 9.19. The number of benzene rings is 1. The number of aromatic nitrogens is 2. The van der Waals surface area contributed by atoms with Crippen LogP contribution in [0.1, 0.15) is 17.9 Å². The van der Waals surface area contributed by atoms with Crippen molar-refractivity contribution in [3.05, 3.63) is 52.5 Å². The summed E-state index contributed by atoms with van der Waals surface area (Å²) in [6.45, 7) is 1.94. The lowest BCUT2D eigenvalue weighted by atomic mass is 10.2. The van der Waals surface area contributed by atoms with Crippen LogP contribution in [0, 0.1) is 6.92 Å². The van der Waals surface area contributed by atoms with Gasteiger partial charge in [-0.2, -0.15) is 4.98 Å². The van der Waals surface area contributed by atoms with Gasteiger partial charge in [0.1, 0.15) is 0 Å². The maximum atomic E-state index is 12.0. The molecule has 1 amide bonds. The number of carbonyl (C=O) groups excluding carboxylic acids is 1. The third-order valence-corrected chi connectivity index (χ3v) is 3.73. The van der Waals surface area contributed by atoms with Crippen molar-refractivity contribution in [1.82, 2.24) is 10.1 Å². The first kappa shape index (κ1) is 15.5. The molecule has 0 atom stereocenters. The van der Waals surface area contributed by atoms with Crippen molar-refractivity contribution in [2.24, 2.45) is 0 Å². The Hall–Kier alpha value is -2.41. The Morgan fingerprint density at radius 3 is 2.96 bits per heavy atom. The van der Waals surface area contributed by atoms with Gasteiger partial charge in [-0.1, -0.05) is 21.1 Å². The summed E-state index contributed by atoms with van der Waals surface area (Å²) in [6.07, 6.45) is 2.17. The van der Waals surface area contributed by atoms with E-state index in [0.29, 0.717) is 23.9 Å². The quantitative estimate of drug-likeness (QED) is 0.729. The van der Waals surface area contributed by atoms with Gasteiger partial charge in [0.2, 0.25) is 17.6 Å². The minimum atomic E-state index is -0.104. The highest BCUT2D eigenvalue weighted by molar-refractivity contribution is 9.10. The number of nitrogens with one attached hydrogen (secondary N) is 1. The van der Waals surface area contributed by atoms with E-state index < -0.39 is 0 Å². The molecule has 3 aromatic rings. The van der Waals surface area contributed by atoms with Crippen molar-refractivity contribution in [3.63, 3.8) is 0 Å². The van der Waals surface area contributed by atoms with E-state index in [4.69, 9.17) is 8.94 Å². The van der Waals surface area contributed by atoms with E-state index in [9.17, 15) is 4.79 Å². The third kappa shape index (κ3) is 3.87. The highest BCUT2D eigenvalue weighted by Crippen LogP contribution is 2.20. The summed E-state index contributed by atoms with van der Waals surface area (Å²) in [5, 5.41) is 6.70. The number of hydrogen-bond acceptors (Lipinski definition) is 5. The lowest BCUT2D eigenvalue weighted by Gasteiger charge is -2.07. The number of halogens is 1. The monoisotopic (exact) mass is 375 g/mol. The Kier molecular flexibility index (Phi) is 4.57. The smallest absolute Gasteiger partial charge is 0.238 e. The van der Waals surface area contributed by atoms with Crippen molar-refractivity contribution >= 4 is 27.5 Å². The number of carbonyl (C=O) groups is 1. The molecule has 0 aliphatic carbocycles. The number of furan rings is 1. The molecule has 1 N–H and O–H groups in total. The topological polar surface area (TPSA) is 81.2 Å². The molecule has 1 aromatic carbocycles. The fourth-order valence-electron chi connectivity index (χ4n) is 2.06. The largest absolute Gasteiger partial charge is 0.461 e. The maximum absolute atomic E-state index is 12.0. The molecule has 3 rings (SSSR count). The fraction of sp³-hybridized carbons (Fsp3) is 0.188. The van der Waals surface area contributed by atoms with Crippen LogP contribution in [0.3, 0.4) is 0 Å². The zero-order valence-corrected chi connectivity index (χ0v) is 14.0. The molecule has 0 radical (unpaired) electrons. The average molecular weight is 376 g/mol. The average Bonchev–Trinajstić information content (AvgIpc) is 3.18. The zero-order chi connectivity index (χ0) is 16.2. The first-order chi connectivity index (χ1) is 11.1. The van der Waals surface area contributed by atoms with Crippen molar-refractivity contribution in [2.45, 2.75) is 19.8 Å². The zero-order valence-electron chi connectivity index (χ0n) is 12.4. The number of amides is 1. The molecule has 0 saturated carbocycles. The third-order valence-electron chi connectivity index (χ3n) is 3.24. The number of nitrogens with zero attached hydrogens (tertiary/aromatic N) is 2. The van der Waals surface area contributed by atoms with Crippen LogP contribution in [0.4, 0.5) is 5.69 Å². The summed E-state index contributed by atoms with van der Waals surface area (Å²) in [5.41, 5.74) is 1.78. The molecule has 2 aromatic heterocycles. The van der Waals surface area contributed by atoms with Crippen LogP contribution in [-0.4, -0.2) is 16.0 Å². The standard InChI is InChI=1S/C16H14BrN3O3/c1-10-9-11(17)4-5-12(10)18-14(21)6-7-15-19-16(20-23-15)13-3-2-8-22-13/h2-5,8-9H,6-7H2,1H3,(H,18,21). The van der Waals surface area contributed by atoms with E-state index in [1.807, 2.05) is 25.1 Å². The number of anilines is 1. The van der Waals surface area contributed by atoms with Gasteiger partial charge < -0.3 is 14.3 Å². The van der Waals surface area contributed by atoms with Crippen LogP contribution >= 0.6 is 15.9 Å². The van der Waals surface area contributed by atoms with Gasteiger partial charge in [0.05, 0.1) is 6.26 Å². The molecule has 0 fully saturated rings. The first-order valence-electron chi connectivity index (χ1n) is 7.04. The first-order valence-corrected chi connectivity index (χ1v) is 7.83. The highest BCUT2D eigenvalue weighted by atomic mass is 79.9. The van der Waals surface area contributed by atoms with Crippen LogP contribution in [0.25, 0.3) is 11.6 Å². The second-order valence-electron chi connectivity index (χ2n) is 5.00. The van der Waals surface area contributed by atoms with Crippen LogP contribution in [0.15, 0.2) is 50.0 Å². The summed E-state index contributed by atoms with van der Waals surface area (Å²) in [7, 11) is 0. The van der Waals surface area contributed by atoms with Gasteiger partial charge in [-0.15, -0.1) is 0 Å². The Bertz CT molecular complexity index is 812. The van der Waals surface area contributed by atoms with Crippen molar-refractivity contribution in [1.29, 1.82) is 0 Å². The van der Waals surface area contributed by atoms with Crippen LogP contribution in [0.2, 0.25) is 0 Å². The molecule has 0 bridgehead atoms. The summed E-state index contributed by atoms with van der Waals surface area (Å²) in [4.78, 5) is 16.2. The molecular formula is C16H14BrN3O3. The Morgan fingerprint density at radius 1 is 1.35 bits per heavy atom. The molecule has 0 saturated heterocycles. The highest BCUT2D eigenvalue weighted by Gasteiger charge is 2.12. The molecule has 118 valence electrons. The molecule has 0 unspecified atom stereocenters. The van der Waals surface area contributed by atoms with Crippen LogP contribution < -0.4 is 5.32 Å². The fourth-order valence-corrected chi connectivity index (χ4v) is 2.54. The van der Waals surface area contributed by atoms with Gasteiger partial charge in [0.15, 0.2) is 5.76 Å². The number of hydrogen-bond donors (Lipinski definition) is 1. The number of aryl methyl sites for hydroxylation is 2. The molecule has 23 heavy (non-hydrogen) atoms. The Morgan fingerprint density at radius 2 is 2.22 bits per heavy atom. The molecule has 0 spiro atoms. The van der Waals surface area contributed by atoms with Crippen molar-refractivity contribution in [2.75, 3.05) is 5.32 Å². The van der Waals surface area contributed by atoms with E-state index in [-0.39, 0.29) is 12.3 Å².